The molecule has 2 unspecified atom stereocenters. The molecule has 0 aromatic heterocycles. The molecule has 0 amide bonds. The van der Waals surface area contributed by atoms with Gasteiger partial charge in [0.2, 0.25) is 0 Å². The summed E-state index contributed by atoms with van der Waals surface area (Å²) >= 11 is 0. The monoisotopic (exact) mass is 713 g/mol. The van der Waals surface area contributed by atoms with E-state index in [-0.39, 0.29) is 25.4 Å². The van der Waals surface area contributed by atoms with Crippen LogP contribution in [0.2, 0.25) is 0 Å². The number of unbranched alkanes of at least 4 members (excludes halogenated alkanes) is 19. The largest absolute Gasteiger partial charge is 0.472 e. The fourth-order valence-electron chi connectivity index (χ4n) is 5.27. The summed E-state index contributed by atoms with van der Waals surface area (Å²) in [7, 11) is -3.20. The molecule has 0 saturated heterocycles. The van der Waals surface area contributed by atoms with E-state index in [4.69, 9.17) is 14.0 Å². The third-order valence-electron chi connectivity index (χ3n) is 8.36. The minimum Gasteiger partial charge on any atom is -0.462 e. The molecule has 0 rings (SSSR count). The van der Waals surface area contributed by atoms with E-state index in [0.29, 0.717) is 6.42 Å². The van der Waals surface area contributed by atoms with Crippen molar-refractivity contribution in [2.24, 2.45) is 0 Å². The fraction of sp³-hybridized carbons (Fsp3) is 0.800. The summed E-state index contributed by atoms with van der Waals surface area (Å²) in [5.41, 5.74) is 0. The average Bonchev–Trinajstić information content (AvgIpc) is 3.09. The summed E-state index contributed by atoms with van der Waals surface area (Å²) in [5, 5.41) is 0. The van der Waals surface area contributed by atoms with Gasteiger partial charge in [-0.1, -0.05) is 134 Å². The van der Waals surface area contributed by atoms with Crippen molar-refractivity contribution in [2.45, 2.75) is 187 Å². The third kappa shape index (κ3) is 35.9. The molecule has 8 nitrogen and oxygen atoms in total. The van der Waals surface area contributed by atoms with Gasteiger partial charge in [-0.2, -0.15) is 0 Å². The molecule has 1 N–H and O–H groups in total. The zero-order valence-electron chi connectivity index (χ0n) is 31.6. The van der Waals surface area contributed by atoms with Gasteiger partial charge in [-0.3, -0.25) is 18.6 Å². The van der Waals surface area contributed by atoms with Gasteiger partial charge < -0.3 is 14.4 Å². The van der Waals surface area contributed by atoms with Crippen molar-refractivity contribution in [3.8, 4) is 0 Å². The van der Waals surface area contributed by atoms with Crippen molar-refractivity contribution in [1.29, 1.82) is 0 Å². The van der Waals surface area contributed by atoms with E-state index < -0.39 is 26.5 Å². The Bertz CT molecular complexity index is 901. The van der Waals surface area contributed by atoms with Crippen molar-refractivity contribution in [3.63, 3.8) is 0 Å². The van der Waals surface area contributed by atoms with Crippen LogP contribution in [0.25, 0.3) is 0 Å². The summed E-state index contributed by atoms with van der Waals surface area (Å²) in [6, 6.07) is 0. The van der Waals surface area contributed by atoms with Crippen molar-refractivity contribution in [3.05, 3.63) is 36.5 Å². The van der Waals surface area contributed by atoms with E-state index >= 15 is 0 Å². The highest BCUT2D eigenvalue weighted by Crippen LogP contribution is 2.42. The number of phosphoric acid groups is 1. The molecule has 0 fully saturated rings. The Kier molecular flexibility index (Phi) is 34.8. The van der Waals surface area contributed by atoms with E-state index in [2.05, 4.69) is 54.8 Å². The summed E-state index contributed by atoms with van der Waals surface area (Å²) in [6.45, 7) is 3.83. The van der Waals surface area contributed by atoms with Gasteiger partial charge in [0.15, 0.2) is 6.10 Å². The predicted molar refractivity (Wildman–Crippen MR) is 202 cm³/mol. The first kappa shape index (κ1) is 47.3. The van der Waals surface area contributed by atoms with Crippen LogP contribution in [0.5, 0.6) is 0 Å². The maximum Gasteiger partial charge on any atom is 0.472 e. The van der Waals surface area contributed by atoms with Crippen LogP contribution in [0.1, 0.15) is 181 Å². The molecule has 0 saturated carbocycles. The van der Waals surface area contributed by atoms with E-state index in [9.17, 15) is 19.0 Å². The van der Waals surface area contributed by atoms with Gasteiger partial charge in [-0.15, -0.1) is 0 Å². The normalized spacial score (nSPS) is 13.8. The van der Waals surface area contributed by atoms with Crippen molar-refractivity contribution < 1.29 is 37.6 Å². The Morgan fingerprint density at radius 2 is 0.980 bits per heavy atom. The summed E-state index contributed by atoms with van der Waals surface area (Å²) in [5.74, 6) is -0.823. The maximum atomic E-state index is 12.5. The second-order valence-electron chi connectivity index (χ2n) is 13.1. The lowest BCUT2D eigenvalue weighted by Gasteiger charge is -2.19. The lowest BCUT2D eigenvalue weighted by atomic mass is 10.1. The highest BCUT2D eigenvalue weighted by molar-refractivity contribution is 7.47. The van der Waals surface area contributed by atoms with Crippen molar-refractivity contribution in [1.82, 2.24) is 0 Å². The molecule has 0 aromatic rings. The van der Waals surface area contributed by atoms with Gasteiger partial charge in [0, 0.05) is 20.0 Å². The lowest BCUT2D eigenvalue weighted by Crippen LogP contribution is -2.29. The molecule has 0 aliphatic carbocycles. The Balaban J connectivity index is 4.06. The van der Waals surface area contributed by atoms with Gasteiger partial charge in [0.05, 0.1) is 6.61 Å². The fourth-order valence-corrected chi connectivity index (χ4v) is 5.73. The van der Waals surface area contributed by atoms with Crippen LogP contribution in [0.15, 0.2) is 36.5 Å². The molecule has 9 heteroatoms. The molecule has 0 radical (unpaired) electrons. The van der Waals surface area contributed by atoms with Gasteiger partial charge in [0.1, 0.15) is 6.61 Å². The summed E-state index contributed by atoms with van der Waals surface area (Å²) in [6.07, 6.45) is 40.4. The van der Waals surface area contributed by atoms with Crippen molar-refractivity contribution in [2.75, 3.05) is 20.3 Å². The molecular weight excluding hydrogens is 639 g/mol. The first-order valence-electron chi connectivity index (χ1n) is 19.7. The van der Waals surface area contributed by atoms with Crippen molar-refractivity contribution >= 4 is 19.8 Å². The van der Waals surface area contributed by atoms with Gasteiger partial charge in [-0.25, -0.2) is 4.57 Å². The molecule has 286 valence electrons. The number of esters is 2. The molecule has 0 spiro atoms. The predicted octanol–water partition coefficient (Wildman–Crippen LogP) is 12.1. The number of allylic oxidation sites excluding steroid dienone is 6. The molecule has 0 aromatic carbocycles. The zero-order valence-corrected chi connectivity index (χ0v) is 32.5. The van der Waals surface area contributed by atoms with Crippen LogP contribution < -0.4 is 0 Å². The minimum absolute atomic E-state index is 0.232. The van der Waals surface area contributed by atoms with E-state index in [1.54, 1.807) is 0 Å². The first-order chi connectivity index (χ1) is 23.8. The molecule has 2 atom stereocenters. The number of carbonyl (C=O) groups is 2. The van der Waals surface area contributed by atoms with E-state index in [1.807, 2.05) is 0 Å². The van der Waals surface area contributed by atoms with Gasteiger partial charge >= 0.3 is 19.8 Å². The Morgan fingerprint density at radius 1 is 0.571 bits per heavy atom. The maximum absolute atomic E-state index is 12.5. The number of ether oxygens (including phenoxy) is 2. The standard InChI is InChI=1S/C40H73O8P/c1-4-6-8-10-12-14-16-18-19-20-21-23-25-27-29-31-33-35-40(42)48-38(37-47-49(43,44)45-3)36-46-39(41)34-32-30-28-26-24-22-17-15-13-11-9-7-5-2/h12,14-15,17-19,38H,4-11,13,16,20-37H2,1-3H3,(H,43,44)/b14-12-,17-15-,19-18-. The number of hydrogen-bond donors (Lipinski definition) is 1. The quantitative estimate of drug-likeness (QED) is 0.0296. The third-order valence-corrected chi connectivity index (χ3v) is 9.29. The lowest BCUT2D eigenvalue weighted by molar-refractivity contribution is -0.161. The SMILES string of the molecule is CCCCC/C=C\C/C=C\CCCCCCCCCC(=O)OC(COC(=O)CCCCCCC/C=C\CCCCCC)COP(=O)(O)OC. The van der Waals surface area contributed by atoms with Gasteiger partial charge in [-0.05, 0) is 70.6 Å². The van der Waals surface area contributed by atoms with Crippen LogP contribution >= 0.6 is 7.82 Å². The topological polar surface area (TPSA) is 108 Å². The van der Waals surface area contributed by atoms with E-state index in [1.165, 1.54) is 77.0 Å². The Hall–Kier alpha value is -1.73. The molecule has 0 bridgehead atoms. The molecule has 0 heterocycles. The molecule has 0 aliphatic rings. The number of hydrogen-bond acceptors (Lipinski definition) is 7. The number of phosphoric ester groups is 1. The Morgan fingerprint density at radius 3 is 1.49 bits per heavy atom. The van der Waals surface area contributed by atoms with E-state index in [0.717, 1.165) is 77.7 Å². The first-order valence-corrected chi connectivity index (χ1v) is 21.2. The highest BCUT2D eigenvalue weighted by atomic mass is 31.2. The summed E-state index contributed by atoms with van der Waals surface area (Å²) in [4.78, 5) is 34.3. The second kappa shape index (κ2) is 36.1. The van der Waals surface area contributed by atoms with Crippen LogP contribution in [-0.2, 0) is 32.7 Å². The molecule has 49 heavy (non-hydrogen) atoms. The minimum atomic E-state index is -4.26. The summed E-state index contributed by atoms with van der Waals surface area (Å²) < 4.78 is 31.9. The number of rotatable bonds is 36. The number of carbonyl (C=O) groups excluding carboxylic acids is 2. The Labute approximate surface area is 300 Å². The van der Waals surface area contributed by atoms with Crippen LogP contribution in [-0.4, -0.2) is 43.3 Å². The molecule has 0 aliphatic heterocycles. The highest BCUT2D eigenvalue weighted by Gasteiger charge is 2.24. The van der Waals surface area contributed by atoms with Crippen LogP contribution in [0.4, 0.5) is 0 Å². The average molecular weight is 713 g/mol. The van der Waals surface area contributed by atoms with Crippen LogP contribution in [0, 0.1) is 0 Å². The smallest absolute Gasteiger partial charge is 0.462 e. The molecular formula is C40H73O8P. The zero-order chi connectivity index (χ0) is 36.1. The van der Waals surface area contributed by atoms with Crippen LogP contribution in [0.3, 0.4) is 0 Å². The van der Waals surface area contributed by atoms with Gasteiger partial charge in [0.25, 0.3) is 0 Å². The second-order valence-corrected chi connectivity index (χ2v) is 14.6.